The van der Waals surface area contributed by atoms with Crippen molar-refractivity contribution < 1.29 is 4.42 Å². The molecule has 0 aliphatic rings. The van der Waals surface area contributed by atoms with Gasteiger partial charge in [0.05, 0.1) is 16.4 Å². The quantitative estimate of drug-likeness (QED) is 0.200. The summed E-state index contributed by atoms with van der Waals surface area (Å²) in [7, 11) is 0. The number of furan rings is 1. The molecule has 5 aromatic carbocycles. The summed E-state index contributed by atoms with van der Waals surface area (Å²) in [6, 6.07) is 33.9. The van der Waals surface area contributed by atoms with Crippen LogP contribution in [0.2, 0.25) is 5.28 Å². The number of nitrogens with zero attached hydrogens (tertiary/aromatic N) is 3. The predicted molar refractivity (Wildman–Crippen MR) is 159 cm³/mol. The minimum Gasteiger partial charge on any atom is -0.437 e. The largest absolute Gasteiger partial charge is 0.437 e. The molecule has 0 saturated heterocycles. The summed E-state index contributed by atoms with van der Waals surface area (Å²) in [5.41, 5.74) is 3.44. The third-order valence-electron chi connectivity index (χ3n) is 7.55. The van der Waals surface area contributed by atoms with Gasteiger partial charge in [-0.25, -0.2) is 0 Å². The molecule has 0 atom stereocenters. The van der Waals surface area contributed by atoms with Gasteiger partial charge in [0.25, 0.3) is 0 Å². The molecule has 9 rings (SSSR count). The van der Waals surface area contributed by atoms with Crippen molar-refractivity contribution in [3.63, 3.8) is 0 Å². The number of rotatable bonds is 1. The van der Waals surface area contributed by atoms with E-state index in [-0.39, 0.29) is 5.28 Å². The van der Waals surface area contributed by atoms with Gasteiger partial charge in [0.2, 0.25) is 11.0 Å². The molecule has 4 aromatic heterocycles. The van der Waals surface area contributed by atoms with Gasteiger partial charge in [-0.1, -0.05) is 78.9 Å². The maximum absolute atomic E-state index is 6.56. The zero-order valence-electron chi connectivity index (χ0n) is 19.8. The summed E-state index contributed by atoms with van der Waals surface area (Å²) in [6.07, 6.45) is 0. The Hall–Kier alpha value is -4.45. The molecule has 0 aliphatic heterocycles. The lowest BCUT2D eigenvalue weighted by Gasteiger charge is -2.11. The van der Waals surface area contributed by atoms with Crippen LogP contribution in [0, 0.1) is 0 Å². The summed E-state index contributed by atoms with van der Waals surface area (Å²) in [4.78, 5) is 9.35. The van der Waals surface area contributed by atoms with Crippen molar-refractivity contribution >= 4 is 97.8 Å². The molecule has 0 amide bonds. The summed E-state index contributed by atoms with van der Waals surface area (Å²) in [5, 5.41) is 9.32. The maximum atomic E-state index is 6.56. The highest BCUT2D eigenvalue weighted by Gasteiger charge is 2.25. The first-order valence-corrected chi connectivity index (χ1v) is 13.6. The van der Waals surface area contributed by atoms with E-state index in [1.54, 1.807) is 0 Å². The zero-order valence-corrected chi connectivity index (χ0v) is 21.3. The van der Waals surface area contributed by atoms with Crippen LogP contribution in [0.4, 0.5) is 0 Å². The van der Waals surface area contributed by atoms with E-state index in [0.717, 1.165) is 33.2 Å². The fourth-order valence-electron chi connectivity index (χ4n) is 6.08. The van der Waals surface area contributed by atoms with Crippen LogP contribution in [0.3, 0.4) is 0 Å². The van der Waals surface area contributed by atoms with E-state index >= 15 is 0 Å². The van der Waals surface area contributed by atoms with E-state index in [0.29, 0.717) is 5.71 Å². The van der Waals surface area contributed by atoms with Crippen molar-refractivity contribution in [1.29, 1.82) is 0 Å². The van der Waals surface area contributed by atoms with Crippen molar-refractivity contribution in [3.05, 3.63) is 102 Å². The molecule has 4 nitrogen and oxygen atoms in total. The molecule has 0 aliphatic carbocycles. The third kappa shape index (κ3) is 2.55. The number of hydrogen-bond acceptors (Lipinski definition) is 4. The Bertz CT molecular complexity index is 2430. The number of benzene rings is 5. The molecule has 0 saturated carbocycles. The highest BCUT2D eigenvalue weighted by molar-refractivity contribution is 7.27. The van der Waals surface area contributed by atoms with Crippen LogP contribution in [-0.4, -0.2) is 14.5 Å². The Labute approximate surface area is 224 Å². The van der Waals surface area contributed by atoms with E-state index in [4.69, 9.17) is 21.0 Å². The Morgan fingerprint density at radius 1 is 0.632 bits per heavy atom. The number of halogens is 1. The lowest BCUT2D eigenvalue weighted by Crippen LogP contribution is -2.00. The molecule has 38 heavy (non-hydrogen) atoms. The molecule has 0 bridgehead atoms. The van der Waals surface area contributed by atoms with Gasteiger partial charge >= 0.3 is 0 Å². The SMILES string of the molecule is Clc1nc(-n2c3ccccc3c3c4ccccc4c4sc5ccccc5c4c32)c2c(n1)oc1ccccc12. The summed E-state index contributed by atoms with van der Waals surface area (Å²) < 4.78 is 11.0. The number of aromatic nitrogens is 3. The molecular formula is C32H16ClN3OS. The lowest BCUT2D eigenvalue weighted by molar-refractivity contribution is 0.652. The number of thiophene rings is 1. The third-order valence-corrected chi connectivity index (χ3v) is 8.93. The molecule has 6 heteroatoms. The van der Waals surface area contributed by atoms with E-state index < -0.39 is 0 Å². The van der Waals surface area contributed by atoms with Crippen LogP contribution in [0.1, 0.15) is 0 Å². The molecule has 0 radical (unpaired) electrons. The maximum Gasteiger partial charge on any atom is 0.233 e. The molecule has 9 aromatic rings. The number of para-hydroxylation sites is 2. The van der Waals surface area contributed by atoms with Crippen molar-refractivity contribution in [2.75, 3.05) is 0 Å². The Morgan fingerprint density at radius 3 is 2.18 bits per heavy atom. The van der Waals surface area contributed by atoms with Gasteiger partial charge in [-0.2, -0.15) is 9.97 Å². The normalized spacial score (nSPS) is 12.3. The van der Waals surface area contributed by atoms with Crippen LogP contribution in [0.15, 0.2) is 101 Å². The first-order valence-electron chi connectivity index (χ1n) is 12.4. The van der Waals surface area contributed by atoms with Crippen LogP contribution in [0.5, 0.6) is 0 Å². The highest BCUT2D eigenvalue weighted by atomic mass is 35.5. The van der Waals surface area contributed by atoms with Gasteiger partial charge in [0.1, 0.15) is 5.58 Å². The smallest absolute Gasteiger partial charge is 0.233 e. The minimum absolute atomic E-state index is 0.157. The van der Waals surface area contributed by atoms with Crippen LogP contribution >= 0.6 is 22.9 Å². The highest BCUT2D eigenvalue weighted by Crippen LogP contribution is 2.48. The number of hydrogen-bond donors (Lipinski definition) is 0. The average molecular weight is 526 g/mol. The Morgan fingerprint density at radius 2 is 1.32 bits per heavy atom. The fraction of sp³-hybridized carbons (Fsp3) is 0. The van der Waals surface area contributed by atoms with Crippen LogP contribution in [0.25, 0.3) is 80.6 Å². The van der Waals surface area contributed by atoms with E-state index in [9.17, 15) is 0 Å². The van der Waals surface area contributed by atoms with Crippen LogP contribution in [-0.2, 0) is 0 Å². The van der Waals surface area contributed by atoms with Crippen molar-refractivity contribution in [3.8, 4) is 5.82 Å². The van der Waals surface area contributed by atoms with E-state index in [1.807, 2.05) is 29.5 Å². The summed E-state index contributed by atoms with van der Waals surface area (Å²) in [5.74, 6) is 0.725. The van der Waals surface area contributed by atoms with Gasteiger partial charge in [0.15, 0.2) is 5.82 Å². The first kappa shape index (κ1) is 20.6. The van der Waals surface area contributed by atoms with E-state index in [1.165, 1.54) is 41.7 Å². The van der Waals surface area contributed by atoms with Gasteiger partial charge in [-0.3, -0.25) is 4.57 Å². The molecule has 0 N–H and O–H groups in total. The molecular weight excluding hydrogens is 510 g/mol. The van der Waals surface area contributed by atoms with Gasteiger partial charge in [-0.05, 0) is 35.2 Å². The molecule has 0 fully saturated rings. The molecule has 4 heterocycles. The molecule has 0 unspecified atom stereocenters. The number of fused-ring (bicyclic) bond motifs is 13. The van der Waals surface area contributed by atoms with Gasteiger partial charge in [0, 0.05) is 41.7 Å². The summed E-state index contributed by atoms with van der Waals surface area (Å²) >= 11 is 8.40. The summed E-state index contributed by atoms with van der Waals surface area (Å²) in [6.45, 7) is 0. The Kier molecular flexibility index (Phi) is 3.96. The Balaban J connectivity index is 1.65. The second-order valence-corrected chi connectivity index (χ2v) is 10.9. The predicted octanol–water partition coefficient (Wildman–Crippen LogP) is 9.65. The van der Waals surface area contributed by atoms with Crippen molar-refractivity contribution in [1.82, 2.24) is 14.5 Å². The fourth-order valence-corrected chi connectivity index (χ4v) is 7.48. The molecule has 178 valence electrons. The van der Waals surface area contributed by atoms with Gasteiger partial charge < -0.3 is 4.42 Å². The lowest BCUT2D eigenvalue weighted by atomic mass is 10.00. The van der Waals surface area contributed by atoms with Crippen molar-refractivity contribution in [2.24, 2.45) is 0 Å². The standard InChI is InChI=1S/C32H16ClN3OS/c33-32-34-30(27-20-12-4-7-15-23(20)37-31(27)35-32)36-22-14-6-3-11-19(22)25-17-9-1-2-10-18(17)29-26(28(25)36)21-13-5-8-16-24(21)38-29/h1-16H. The van der Waals surface area contributed by atoms with Crippen molar-refractivity contribution in [2.45, 2.75) is 0 Å². The van der Waals surface area contributed by atoms with Crippen LogP contribution < -0.4 is 0 Å². The average Bonchev–Trinajstić information content (AvgIpc) is 3.62. The second kappa shape index (κ2) is 7.32. The molecule has 0 spiro atoms. The first-order chi connectivity index (χ1) is 18.8. The van der Waals surface area contributed by atoms with E-state index in [2.05, 4.69) is 88.4 Å². The zero-order chi connectivity index (χ0) is 25.0. The van der Waals surface area contributed by atoms with Gasteiger partial charge in [-0.15, -0.1) is 11.3 Å². The minimum atomic E-state index is 0.157. The second-order valence-electron chi connectivity index (χ2n) is 9.52. The topological polar surface area (TPSA) is 43.9 Å². The monoisotopic (exact) mass is 525 g/mol.